The predicted molar refractivity (Wildman–Crippen MR) is 146 cm³/mol. The summed E-state index contributed by atoms with van der Waals surface area (Å²) in [5, 5.41) is 7.78. The number of hydrogen-bond donors (Lipinski definition) is 4. The molecule has 39 heavy (non-hydrogen) atoms. The van der Waals surface area contributed by atoms with Crippen molar-refractivity contribution in [1.29, 1.82) is 0 Å². The number of hydrogen-bond acceptors (Lipinski definition) is 7. The van der Waals surface area contributed by atoms with Crippen LogP contribution in [0.1, 0.15) is 73.3 Å². The van der Waals surface area contributed by atoms with Gasteiger partial charge in [0.25, 0.3) is 0 Å². The molecule has 0 saturated heterocycles. The quantitative estimate of drug-likeness (QED) is 0.259. The highest BCUT2D eigenvalue weighted by molar-refractivity contribution is 5.93. The van der Waals surface area contributed by atoms with Gasteiger partial charge in [-0.25, -0.2) is 4.79 Å². The van der Waals surface area contributed by atoms with E-state index in [0.29, 0.717) is 0 Å². The Morgan fingerprint density at radius 3 is 1.97 bits per heavy atom. The summed E-state index contributed by atoms with van der Waals surface area (Å²) >= 11 is 0. The van der Waals surface area contributed by atoms with E-state index in [1.807, 2.05) is 44.2 Å². The Morgan fingerprint density at radius 2 is 1.46 bits per heavy atom. The highest BCUT2D eigenvalue weighted by Crippen LogP contribution is 2.12. The van der Waals surface area contributed by atoms with Crippen LogP contribution >= 0.6 is 0 Å². The Morgan fingerprint density at radius 1 is 0.872 bits per heavy atom. The Labute approximate surface area is 230 Å². The molecule has 0 heterocycles. The minimum atomic E-state index is -1.14. The molecule has 0 aromatic heterocycles. The molecule has 0 aliphatic heterocycles. The highest BCUT2D eigenvalue weighted by Gasteiger charge is 2.32. The molecule has 0 spiro atoms. The van der Waals surface area contributed by atoms with Crippen LogP contribution in [0.15, 0.2) is 30.3 Å². The van der Waals surface area contributed by atoms with Gasteiger partial charge >= 0.3 is 12.1 Å². The van der Waals surface area contributed by atoms with Crippen LogP contribution in [0, 0.1) is 11.8 Å². The molecule has 0 radical (unpaired) electrons. The van der Waals surface area contributed by atoms with Crippen LogP contribution in [0.4, 0.5) is 4.79 Å². The number of nitrogens with two attached hydrogens (primary N) is 1. The number of primary amides is 1. The van der Waals surface area contributed by atoms with Crippen LogP contribution in [0.2, 0.25) is 0 Å². The fourth-order valence-corrected chi connectivity index (χ4v) is 3.56. The molecule has 1 aromatic carbocycles. The van der Waals surface area contributed by atoms with E-state index in [-0.39, 0.29) is 37.7 Å². The minimum absolute atomic E-state index is 0.0114. The molecular weight excluding hydrogens is 504 g/mol. The lowest BCUT2D eigenvalue weighted by atomic mass is 9.99. The lowest BCUT2D eigenvalue weighted by Crippen LogP contribution is -2.58. The van der Waals surface area contributed by atoms with Crippen molar-refractivity contribution < 1.29 is 33.4 Å². The molecule has 11 nitrogen and oxygen atoms in total. The molecule has 4 amide bonds. The van der Waals surface area contributed by atoms with Gasteiger partial charge in [0.05, 0.1) is 0 Å². The van der Waals surface area contributed by atoms with Crippen LogP contribution in [-0.2, 0) is 35.3 Å². The van der Waals surface area contributed by atoms with Gasteiger partial charge in [-0.1, -0.05) is 58.0 Å². The zero-order chi connectivity index (χ0) is 29.8. The maximum atomic E-state index is 13.1. The lowest BCUT2D eigenvalue weighted by molar-refractivity contribution is -0.145. The molecule has 11 heteroatoms. The van der Waals surface area contributed by atoms with Gasteiger partial charge in [0, 0.05) is 6.42 Å². The van der Waals surface area contributed by atoms with Crippen molar-refractivity contribution in [2.24, 2.45) is 17.6 Å². The van der Waals surface area contributed by atoms with Crippen molar-refractivity contribution in [3.05, 3.63) is 35.9 Å². The molecule has 0 aliphatic rings. The van der Waals surface area contributed by atoms with E-state index in [2.05, 4.69) is 16.0 Å². The minimum Gasteiger partial charge on any atom is -0.461 e. The van der Waals surface area contributed by atoms with Crippen LogP contribution in [0.3, 0.4) is 0 Å². The second kappa shape index (κ2) is 15.7. The molecule has 0 bridgehead atoms. The number of amides is 4. The predicted octanol–water partition coefficient (Wildman–Crippen LogP) is 2.56. The first kappa shape index (κ1) is 33.4. The number of esters is 1. The fourth-order valence-electron chi connectivity index (χ4n) is 3.56. The molecule has 1 aromatic rings. The molecule has 0 saturated carbocycles. The Bertz CT molecular complexity index is 974. The molecule has 5 N–H and O–H groups in total. The number of carbonyl (C=O) groups excluding carboxylic acids is 5. The van der Waals surface area contributed by atoms with Gasteiger partial charge in [0.15, 0.2) is 0 Å². The third-order valence-corrected chi connectivity index (χ3v) is 5.50. The summed E-state index contributed by atoms with van der Waals surface area (Å²) in [6.07, 6.45) is -0.697. The number of benzene rings is 1. The summed E-state index contributed by atoms with van der Waals surface area (Å²) < 4.78 is 10.5. The van der Waals surface area contributed by atoms with Gasteiger partial charge in [-0.2, -0.15) is 0 Å². The van der Waals surface area contributed by atoms with Crippen LogP contribution in [-0.4, -0.2) is 53.5 Å². The van der Waals surface area contributed by atoms with Crippen molar-refractivity contribution in [3.8, 4) is 0 Å². The average Bonchev–Trinajstić information content (AvgIpc) is 2.82. The van der Waals surface area contributed by atoms with E-state index in [1.54, 1.807) is 34.6 Å². The first-order valence-electron chi connectivity index (χ1n) is 13.2. The molecule has 0 unspecified atom stereocenters. The SMILES string of the molecule is CC(C)C[C@@H](NC(=O)[C@H](NC(=O)OC(C)(C)C)C(C)C)C(=O)N[C@H](CCC(=O)OCc1ccccc1)C(N)=O. The Balaban J connectivity index is 2.82. The molecule has 3 atom stereocenters. The first-order valence-corrected chi connectivity index (χ1v) is 13.2. The first-order chi connectivity index (χ1) is 18.1. The highest BCUT2D eigenvalue weighted by atomic mass is 16.6. The molecule has 1 rings (SSSR count). The number of ether oxygens (including phenoxy) is 2. The third kappa shape index (κ3) is 13.6. The van der Waals surface area contributed by atoms with E-state index in [4.69, 9.17) is 15.2 Å². The van der Waals surface area contributed by atoms with Crippen molar-refractivity contribution in [1.82, 2.24) is 16.0 Å². The molecule has 0 fully saturated rings. The van der Waals surface area contributed by atoms with Gasteiger partial charge in [-0.05, 0) is 51.0 Å². The molecule has 0 aliphatic carbocycles. The zero-order valence-electron chi connectivity index (χ0n) is 24.0. The van der Waals surface area contributed by atoms with Gasteiger partial charge in [-0.3, -0.25) is 19.2 Å². The lowest BCUT2D eigenvalue weighted by Gasteiger charge is -2.28. The van der Waals surface area contributed by atoms with Crippen molar-refractivity contribution in [3.63, 3.8) is 0 Å². The summed E-state index contributed by atoms with van der Waals surface area (Å²) in [4.78, 5) is 62.7. The van der Waals surface area contributed by atoms with Gasteiger partial charge < -0.3 is 31.2 Å². The Kier molecular flexibility index (Phi) is 13.4. The fraction of sp³-hybridized carbons (Fsp3) is 0.607. The van der Waals surface area contributed by atoms with Crippen LogP contribution in [0.5, 0.6) is 0 Å². The number of alkyl carbamates (subject to hydrolysis) is 1. The number of rotatable bonds is 14. The van der Waals surface area contributed by atoms with Crippen molar-refractivity contribution >= 4 is 29.8 Å². The smallest absolute Gasteiger partial charge is 0.408 e. The Hall–Kier alpha value is -3.63. The van der Waals surface area contributed by atoms with E-state index in [1.165, 1.54) is 0 Å². The monoisotopic (exact) mass is 548 g/mol. The maximum Gasteiger partial charge on any atom is 0.408 e. The third-order valence-electron chi connectivity index (χ3n) is 5.50. The second-order valence-electron chi connectivity index (χ2n) is 11.2. The van der Waals surface area contributed by atoms with Crippen LogP contribution in [0.25, 0.3) is 0 Å². The number of carbonyl (C=O) groups is 5. The summed E-state index contributed by atoms with van der Waals surface area (Å²) in [5.41, 5.74) is 5.55. The number of nitrogens with one attached hydrogen (secondary N) is 3. The molecular formula is C28H44N4O7. The van der Waals surface area contributed by atoms with Gasteiger partial charge in [-0.15, -0.1) is 0 Å². The largest absolute Gasteiger partial charge is 0.461 e. The summed E-state index contributed by atoms with van der Waals surface area (Å²) in [6, 6.07) is 6.01. The summed E-state index contributed by atoms with van der Waals surface area (Å²) in [5.74, 6) is -2.85. The summed E-state index contributed by atoms with van der Waals surface area (Å²) in [7, 11) is 0. The zero-order valence-corrected chi connectivity index (χ0v) is 24.0. The second-order valence-corrected chi connectivity index (χ2v) is 11.2. The van der Waals surface area contributed by atoms with Crippen molar-refractivity contribution in [2.45, 2.75) is 98.1 Å². The van der Waals surface area contributed by atoms with E-state index < -0.39 is 53.5 Å². The van der Waals surface area contributed by atoms with Gasteiger partial charge in [0.1, 0.15) is 30.3 Å². The molecule has 218 valence electrons. The van der Waals surface area contributed by atoms with Crippen molar-refractivity contribution in [2.75, 3.05) is 0 Å². The van der Waals surface area contributed by atoms with Crippen LogP contribution < -0.4 is 21.7 Å². The van der Waals surface area contributed by atoms with Gasteiger partial charge in [0.2, 0.25) is 17.7 Å². The summed E-state index contributed by atoms with van der Waals surface area (Å²) in [6.45, 7) is 12.5. The normalized spacial score (nSPS) is 13.7. The maximum absolute atomic E-state index is 13.1. The standard InChI is InChI=1S/C28H44N4O7/c1-17(2)15-21(31-26(36)23(18(3)4)32-27(37)39-28(5,6)7)25(35)30-20(24(29)34)13-14-22(33)38-16-19-11-9-8-10-12-19/h8-12,17-18,20-21,23H,13-16H2,1-7H3,(H2,29,34)(H,30,35)(H,31,36)(H,32,37)/t20-,21-,23-/m1/s1. The average molecular weight is 549 g/mol. The topological polar surface area (TPSA) is 166 Å². The van der Waals surface area contributed by atoms with E-state index in [0.717, 1.165) is 5.56 Å². The van der Waals surface area contributed by atoms with E-state index in [9.17, 15) is 24.0 Å². The van der Waals surface area contributed by atoms with E-state index >= 15 is 0 Å².